The molecule has 1 aromatic carbocycles. The second-order valence-electron chi connectivity index (χ2n) is 10.0. The van der Waals surface area contributed by atoms with Gasteiger partial charge in [-0.3, -0.25) is 14.6 Å². The quantitative estimate of drug-likeness (QED) is 0.570. The minimum Gasteiger partial charge on any atom is -0.339 e. The molecule has 4 aliphatic rings. The molecule has 3 atom stereocenters. The van der Waals surface area contributed by atoms with Crippen LogP contribution < -0.4 is 4.90 Å². The molecule has 5 rings (SSSR count). The highest BCUT2D eigenvalue weighted by Gasteiger charge is 2.48. The molecule has 37 heavy (non-hydrogen) atoms. The number of fused-ring (bicyclic) bond motifs is 2. The Hall–Kier alpha value is -2.60. The highest BCUT2D eigenvalue weighted by atomic mass is 35.5. The largest absolute Gasteiger partial charge is 0.413 e. The van der Waals surface area contributed by atoms with Gasteiger partial charge in [-0.1, -0.05) is 23.7 Å². The van der Waals surface area contributed by atoms with E-state index in [1.54, 1.807) is 18.3 Å². The molecule has 0 spiro atoms. The van der Waals surface area contributed by atoms with Crippen molar-refractivity contribution < 1.29 is 22.2 Å². The van der Waals surface area contributed by atoms with Crippen molar-refractivity contribution in [3.8, 4) is 0 Å². The van der Waals surface area contributed by atoms with E-state index >= 15 is 0 Å². The van der Waals surface area contributed by atoms with Gasteiger partial charge >= 0.3 is 6.18 Å². The normalized spacial score (nSPS) is 27.6. The Morgan fingerprint density at radius 1 is 1.27 bits per heavy atom. The van der Waals surface area contributed by atoms with Gasteiger partial charge in [0.05, 0.1) is 11.4 Å². The molecule has 3 heterocycles. The summed E-state index contributed by atoms with van der Waals surface area (Å²) in [5.41, 5.74) is 2.53. The van der Waals surface area contributed by atoms with E-state index in [0.29, 0.717) is 18.1 Å². The second kappa shape index (κ2) is 9.30. The summed E-state index contributed by atoms with van der Waals surface area (Å²) < 4.78 is 62.0. The number of hydrazone groups is 1. The fourth-order valence-electron chi connectivity index (χ4n) is 5.45. The molecule has 200 valence electrons. The first kappa shape index (κ1) is 26.0. The van der Waals surface area contributed by atoms with Crippen molar-refractivity contribution in [2.75, 3.05) is 24.7 Å². The number of benzene rings is 1. The fourth-order valence-corrected chi connectivity index (χ4v) is 6.86. The third-order valence-corrected chi connectivity index (χ3v) is 9.41. The molecule has 13 heteroatoms. The zero-order chi connectivity index (χ0) is 26.7. The van der Waals surface area contributed by atoms with Crippen molar-refractivity contribution in [2.45, 2.75) is 55.7 Å². The Bertz CT molecular complexity index is 1290. The smallest absolute Gasteiger partial charge is 0.339 e. The molecule has 1 amide bonds. The number of allylic oxidation sites excluding steroid dienone is 2. The van der Waals surface area contributed by atoms with Crippen molar-refractivity contribution in [2.24, 2.45) is 16.0 Å². The predicted octanol–water partition coefficient (Wildman–Crippen LogP) is 4.68. The number of alkyl halides is 3. The number of aliphatic imine (C=N–C) groups is 1. The monoisotopic (exact) mass is 556 g/mol. The number of rotatable bonds is 5. The van der Waals surface area contributed by atoms with Gasteiger partial charge in [-0.25, -0.2) is 9.22 Å². The maximum atomic E-state index is 14.2. The maximum absolute atomic E-state index is 14.2. The molecule has 1 fully saturated rings. The third kappa shape index (κ3) is 4.85. The van der Waals surface area contributed by atoms with Crippen LogP contribution in [0.15, 0.2) is 45.8 Å². The van der Waals surface area contributed by atoms with E-state index in [-0.39, 0.29) is 24.6 Å². The van der Waals surface area contributed by atoms with Crippen LogP contribution in [0.4, 0.5) is 18.9 Å². The average molecular weight is 557 g/mol. The predicted molar refractivity (Wildman–Crippen MR) is 137 cm³/mol. The van der Waals surface area contributed by atoms with Gasteiger partial charge in [0.1, 0.15) is 11.3 Å². The zero-order valence-electron chi connectivity index (χ0n) is 20.4. The Balaban J connectivity index is 1.36. The summed E-state index contributed by atoms with van der Waals surface area (Å²) in [6.45, 7) is 0.681. The van der Waals surface area contributed by atoms with Gasteiger partial charge < -0.3 is 9.80 Å². The average Bonchev–Trinajstić information content (AvgIpc) is 3.17. The van der Waals surface area contributed by atoms with E-state index < -0.39 is 39.0 Å². The first-order valence-electron chi connectivity index (χ1n) is 12.1. The van der Waals surface area contributed by atoms with Crippen LogP contribution in [0.2, 0.25) is 0 Å². The Kier molecular flexibility index (Phi) is 6.54. The van der Waals surface area contributed by atoms with Crippen LogP contribution in [-0.4, -0.2) is 68.9 Å². The van der Waals surface area contributed by atoms with Crippen LogP contribution in [0.25, 0.3) is 0 Å². The summed E-state index contributed by atoms with van der Waals surface area (Å²) in [7, 11) is -1.66. The molecule has 3 aliphatic heterocycles. The van der Waals surface area contributed by atoms with Crippen molar-refractivity contribution in [3.63, 3.8) is 0 Å². The van der Waals surface area contributed by atoms with E-state index in [0.717, 1.165) is 41.9 Å². The molecule has 0 radical (unpaired) electrons. The van der Waals surface area contributed by atoms with Crippen LogP contribution in [0.5, 0.6) is 0 Å². The standard InChI is InChI=1S/C24H28ClF3N6O2S/c1-32(23(35)15-10-17(11-15)37(2,29)36)22(24(26,27)28)14-5-7-16(8-6-14)33-9-3-4-18-19(33)13-30-21-12-20(25)31-34(18)21/h5-8,13,15,17,21-22,29H,3-4,9-12H2,1-2H3/t15?,17?,21?,22-,37-/m0/s1. The van der Waals surface area contributed by atoms with Gasteiger partial charge in [-0.05, 0) is 43.4 Å². The van der Waals surface area contributed by atoms with Crippen LogP contribution in [0, 0.1) is 10.7 Å². The molecular weight excluding hydrogens is 529 g/mol. The number of amides is 1. The van der Waals surface area contributed by atoms with Gasteiger partial charge in [0.25, 0.3) is 0 Å². The zero-order valence-corrected chi connectivity index (χ0v) is 22.0. The summed E-state index contributed by atoms with van der Waals surface area (Å²) in [6, 6.07) is 3.98. The van der Waals surface area contributed by atoms with Gasteiger partial charge in [0.2, 0.25) is 5.91 Å². The van der Waals surface area contributed by atoms with E-state index in [9.17, 15) is 22.2 Å². The van der Waals surface area contributed by atoms with Crippen molar-refractivity contribution in [3.05, 3.63) is 41.2 Å². The van der Waals surface area contributed by atoms with Gasteiger partial charge in [-0.15, -0.1) is 0 Å². The minimum atomic E-state index is -4.68. The highest BCUT2D eigenvalue weighted by Crippen LogP contribution is 2.42. The summed E-state index contributed by atoms with van der Waals surface area (Å²) in [5, 5.41) is 6.27. The minimum absolute atomic E-state index is 0.0396. The van der Waals surface area contributed by atoms with Crippen LogP contribution >= 0.6 is 11.6 Å². The summed E-state index contributed by atoms with van der Waals surface area (Å²) in [6.07, 6.45) is 0.810. The number of carbonyl (C=O) groups excluding carboxylic acids is 1. The first-order chi connectivity index (χ1) is 17.3. The van der Waals surface area contributed by atoms with Gasteiger partial charge in [-0.2, -0.15) is 18.3 Å². The molecule has 1 N–H and O–H groups in total. The van der Waals surface area contributed by atoms with E-state index in [1.165, 1.54) is 18.4 Å². The van der Waals surface area contributed by atoms with Gasteiger partial charge in [0, 0.05) is 59.1 Å². The maximum Gasteiger partial charge on any atom is 0.413 e. The van der Waals surface area contributed by atoms with Crippen molar-refractivity contribution in [1.82, 2.24) is 9.91 Å². The third-order valence-electron chi connectivity index (χ3n) is 7.52. The lowest BCUT2D eigenvalue weighted by molar-refractivity contribution is -0.191. The Morgan fingerprint density at radius 2 is 1.95 bits per heavy atom. The Morgan fingerprint density at radius 3 is 2.57 bits per heavy atom. The van der Waals surface area contributed by atoms with Crippen molar-refractivity contribution in [1.29, 1.82) is 4.78 Å². The van der Waals surface area contributed by atoms with Crippen LogP contribution in [0.1, 0.15) is 43.7 Å². The molecular formula is C24H28ClF3N6O2S. The molecule has 0 aromatic heterocycles. The fraction of sp³-hybridized carbons (Fsp3) is 0.542. The summed E-state index contributed by atoms with van der Waals surface area (Å²) >= 11 is 6.12. The molecule has 1 unspecified atom stereocenters. The topological polar surface area (TPSA) is 92.4 Å². The molecule has 1 aromatic rings. The van der Waals surface area contributed by atoms with E-state index in [1.807, 2.05) is 9.91 Å². The second-order valence-corrected chi connectivity index (χ2v) is 13.0. The number of hydrogen-bond donors (Lipinski definition) is 1. The first-order valence-corrected chi connectivity index (χ1v) is 14.5. The lowest BCUT2D eigenvalue weighted by Gasteiger charge is -2.39. The molecule has 8 nitrogen and oxygen atoms in total. The van der Waals surface area contributed by atoms with E-state index in [4.69, 9.17) is 16.4 Å². The van der Waals surface area contributed by atoms with Crippen molar-refractivity contribution >= 4 is 44.3 Å². The van der Waals surface area contributed by atoms with Crippen LogP contribution in [0.3, 0.4) is 0 Å². The number of nitrogens with one attached hydrogen (secondary N) is 1. The molecule has 1 aliphatic carbocycles. The SMILES string of the molecule is CN(C(=O)C1CC([S@@](C)(=N)=O)C1)[C@@H](c1ccc(N2CCCC3=C2C=NC2CC(Cl)=NN32)cc1)C(F)(F)F. The number of anilines is 1. The lowest BCUT2D eigenvalue weighted by atomic mass is 9.83. The molecule has 0 bridgehead atoms. The van der Waals surface area contributed by atoms with E-state index in [2.05, 4.69) is 10.1 Å². The number of hydrogen-bond acceptors (Lipinski definition) is 7. The number of halogens is 4. The highest BCUT2D eigenvalue weighted by molar-refractivity contribution is 7.92. The van der Waals surface area contributed by atoms with Gasteiger partial charge in [0.15, 0.2) is 6.04 Å². The molecule has 1 saturated carbocycles. The summed E-state index contributed by atoms with van der Waals surface area (Å²) in [5.74, 6) is -1.30. The lowest BCUT2D eigenvalue weighted by Crippen LogP contribution is -2.48. The Labute approximate surface area is 218 Å². The summed E-state index contributed by atoms with van der Waals surface area (Å²) in [4.78, 5) is 20.2. The van der Waals surface area contributed by atoms with Crippen LogP contribution in [-0.2, 0) is 14.5 Å². The number of nitrogens with zero attached hydrogens (tertiary/aromatic N) is 5. The molecule has 0 saturated heterocycles. The number of carbonyl (C=O) groups is 1.